The maximum absolute atomic E-state index is 12.7. The van der Waals surface area contributed by atoms with E-state index in [1.807, 2.05) is 24.3 Å². The fourth-order valence-corrected chi connectivity index (χ4v) is 2.48. The Morgan fingerprint density at radius 1 is 1.24 bits per heavy atom. The summed E-state index contributed by atoms with van der Waals surface area (Å²) >= 11 is 0. The van der Waals surface area contributed by atoms with Gasteiger partial charge in [0.15, 0.2) is 0 Å². The second kappa shape index (κ2) is 7.14. The first-order chi connectivity index (χ1) is 12.1. The number of nitrogens with one attached hydrogen (secondary N) is 1. The lowest BCUT2D eigenvalue weighted by atomic mass is 10.2. The van der Waals surface area contributed by atoms with Gasteiger partial charge in [0.1, 0.15) is 12.4 Å². The monoisotopic (exact) mass is 339 g/mol. The van der Waals surface area contributed by atoms with E-state index in [4.69, 9.17) is 9.84 Å². The molecule has 0 aliphatic heterocycles. The summed E-state index contributed by atoms with van der Waals surface area (Å²) in [7, 11) is 1.60. The van der Waals surface area contributed by atoms with Crippen molar-refractivity contribution in [1.82, 2.24) is 9.55 Å². The highest BCUT2D eigenvalue weighted by Crippen LogP contribution is 2.15. The van der Waals surface area contributed by atoms with Crippen LogP contribution in [-0.4, -0.2) is 34.3 Å². The van der Waals surface area contributed by atoms with E-state index in [2.05, 4.69) is 10.3 Å². The van der Waals surface area contributed by atoms with Crippen molar-refractivity contribution in [2.75, 3.05) is 19.0 Å². The SMILES string of the molecule is COc1ccc(Cn2cnc3ccc(NC(=O)CO)cc3c2=O)cc1. The van der Waals surface area contributed by atoms with Gasteiger partial charge in [-0.05, 0) is 35.9 Å². The van der Waals surface area contributed by atoms with E-state index >= 15 is 0 Å². The lowest BCUT2D eigenvalue weighted by Gasteiger charge is -2.09. The van der Waals surface area contributed by atoms with Crippen molar-refractivity contribution in [3.05, 3.63) is 64.7 Å². The number of fused-ring (bicyclic) bond motifs is 1. The first-order valence-corrected chi connectivity index (χ1v) is 7.63. The average molecular weight is 339 g/mol. The third-order valence-electron chi connectivity index (χ3n) is 3.76. The standard InChI is InChI=1S/C18H17N3O4/c1-25-14-5-2-12(3-6-14)9-21-11-19-16-7-4-13(20-17(23)10-22)8-15(16)18(21)24/h2-8,11,22H,9-10H2,1H3,(H,20,23). The maximum atomic E-state index is 12.7. The highest BCUT2D eigenvalue weighted by molar-refractivity contribution is 5.94. The molecule has 2 aromatic carbocycles. The zero-order chi connectivity index (χ0) is 17.8. The van der Waals surface area contributed by atoms with Crippen molar-refractivity contribution in [1.29, 1.82) is 0 Å². The molecule has 0 bridgehead atoms. The number of rotatable bonds is 5. The fourth-order valence-electron chi connectivity index (χ4n) is 2.48. The van der Waals surface area contributed by atoms with E-state index in [9.17, 15) is 9.59 Å². The molecular weight excluding hydrogens is 322 g/mol. The Morgan fingerprint density at radius 2 is 2.00 bits per heavy atom. The first-order valence-electron chi connectivity index (χ1n) is 7.63. The molecule has 128 valence electrons. The largest absolute Gasteiger partial charge is 0.497 e. The molecule has 7 heteroatoms. The molecule has 0 atom stereocenters. The summed E-state index contributed by atoms with van der Waals surface area (Å²) in [5.74, 6) is 0.207. The maximum Gasteiger partial charge on any atom is 0.261 e. The van der Waals surface area contributed by atoms with Crippen molar-refractivity contribution in [3.63, 3.8) is 0 Å². The number of benzene rings is 2. The molecule has 0 unspecified atom stereocenters. The predicted octanol–water partition coefficient (Wildman–Crippen LogP) is 1.38. The fraction of sp³-hybridized carbons (Fsp3) is 0.167. The summed E-state index contributed by atoms with van der Waals surface area (Å²) in [5.41, 5.74) is 1.71. The number of hydrogen-bond acceptors (Lipinski definition) is 5. The van der Waals surface area contributed by atoms with Crippen molar-refractivity contribution in [2.45, 2.75) is 6.54 Å². The molecule has 1 heterocycles. The highest BCUT2D eigenvalue weighted by Gasteiger charge is 2.08. The highest BCUT2D eigenvalue weighted by atomic mass is 16.5. The van der Waals surface area contributed by atoms with Gasteiger partial charge in [-0.3, -0.25) is 14.2 Å². The second-order valence-corrected chi connectivity index (χ2v) is 5.46. The smallest absolute Gasteiger partial charge is 0.261 e. The van der Waals surface area contributed by atoms with Gasteiger partial charge in [0.25, 0.3) is 5.56 Å². The van der Waals surface area contributed by atoms with Gasteiger partial charge < -0.3 is 15.2 Å². The van der Waals surface area contributed by atoms with Crippen LogP contribution in [-0.2, 0) is 11.3 Å². The minimum absolute atomic E-state index is 0.207. The Morgan fingerprint density at radius 3 is 2.68 bits per heavy atom. The average Bonchev–Trinajstić information content (AvgIpc) is 2.65. The third-order valence-corrected chi connectivity index (χ3v) is 3.76. The molecule has 0 aliphatic rings. The number of carbonyl (C=O) groups is 1. The molecule has 0 aliphatic carbocycles. The van der Waals surface area contributed by atoms with Gasteiger partial charge in [-0.15, -0.1) is 0 Å². The third kappa shape index (κ3) is 3.67. The van der Waals surface area contributed by atoms with E-state index in [1.54, 1.807) is 25.3 Å². The predicted molar refractivity (Wildman–Crippen MR) is 93.8 cm³/mol. The minimum atomic E-state index is -0.618. The molecule has 25 heavy (non-hydrogen) atoms. The summed E-state index contributed by atoms with van der Waals surface area (Å²) in [5, 5.41) is 11.7. The number of hydrogen-bond donors (Lipinski definition) is 2. The van der Waals surface area contributed by atoms with E-state index < -0.39 is 12.5 Å². The van der Waals surface area contributed by atoms with Crippen LogP contribution < -0.4 is 15.6 Å². The number of aliphatic hydroxyl groups is 1. The van der Waals surface area contributed by atoms with Crippen molar-refractivity contribution >= 4 is 22.5 Å². The van der Waals surface area contributed by atoms with Crippen LogP contribution in [0.25, 0.3) is 10.9 Å². The van der Waals surface area contributed by atoms with Gasteiger partial charge in [0.05, 0.1) is 30.9 Å². The van der Waals surface area contributed by atoms with Gasteiger partial charge in [0.2, 0.25) is 5.91 Å². The molecule has 0 spiro atoms. The van der Waals surface area contributed by atoms with E-state index in [1.165, 1.54) is 10.9 Å². The molecule has 0 saturated carbocycles. The number of ether oxygens (including phenoxy) is 1. The van der Waals surface area contributed by atoms with Crippen LogP contribution in [0.1, 0.15) is 5.56 Å². The Labute approximate surface area is 143 Å². The Kier molecular flexibility index (Phi) is 4.76. The minimum Gasteiger partial charge on any atom is -0.497 e. The van der Waals surface area contributed by atoms with Crippen LogP contribution >= 0.6 is 0 Å². The number of aliphatic hydroxyl groups excluding tert-OH is 1. The van der Waals surface area contributed by atoms with Gasteiger partial charge in [-0.2, -0.15) is 0 Å². The van der Waals surface area contributed by atoms with Crippen LogP contribution in [0.15, 0.2) is 53.6 Å². The number of methoxy groups -OCH3 is 1. The van der Waals surface area contributed by atoms with E-state index in [0.717, 1.165) is 11.3 Å². The van der Waals surface area contributed by atoms with Crippen LogP contribution in [0.2, 0.25) is 0 Å². The van der Waals surface area contributed by atoms with Gasteiger partial charge in [-0.25, -0.2) is 4.98 Å². The number of anilines is 1. The van der Waals surface area contributed by atoms with Crippen molar-refractivity contribution in [2.24, 2.45) is 0 Å². The van der Waals surface area contributed by atoms with Gasteiger partial charge in [0, 0.05) is 5.69 Å². The van der Waals surface area contributed by atoms with Crippen LogP contribution in [0, 0.1) is 0 Å². The number of aromatic nitrogens is 2. The molecular formula is C18H17N3O4. The Bertz CT molecular complexity index is 964. The molecule has 0 saturated heterocycles. The first kappa shape index (κ1) is 16.7. The lowest BCUT2D eigenvalue weighted by Crippen LogP contribution is -2.21. The molecule has 0 radical (unpaired) electrons. The van der Waals surface area contributed by atoms with Crippen LogP contribution in [0.3, 0.4) is 0 Å². The topological polar surface area (TPSA) is 93.4 Å². The quantitative estimate of drug-likeness (QED) is 0.732. The zero-order valence-electron chi connectivity index (χ0n) is 13.6. The molecule has 1 amide bonds. The number of carbonyl (C=O) groups excluding carboxylic acids is 1. The lowest BCUT2D eigenvalue weighted by molar-refractivity contribution is -0.118. The molecule has 1 aromatic heterocycles. The van der Waals surface area contributed by atoms with Crippen LogP contribution in [0.4, 0.5) is 5.69 Å². The Balaban J connectivity index is 1.94. The van der Waals surface area contributed by atoms with Crippen molar-refractivity contribution in [3.8, 4) is 5.75 Å². The van der Waals surface area contributed by atoms with E-state index in [0.29, 0.717) is 23.1 Å². The molecule has 3 aromatic rings. The van der Waals surface area contributed by atoms with Gasteiger partial charge >= 0.3 is 0 Å². The van der Waals surface area contributed by atoms with Crippen LogP contribution in [0.5, 0.6) is 5.75 Å². The Hall–Kier alpha value is -3.19. The summed E-state index contributed by atoms with van der Waals surface area (Å²) in [6, 6.07) is 12.3. The molecule has 2 N–H and O–H groups in total. The summed E-state index contributed by atoms with van der Waals surface area (Å²) in [6.07, 6.45) is 1.50. The van der Waals surface area contributed by atoms with Gasteiger partial charge in [-0.1, -0.05) is 12.1 Å². The molecule has 3 rings (SSSR count). The summed E-state index contributed by atoms with van der Waals surface area (Å²) in [6.45, 7) is -0.244. The second-order valence-electron chi connectivity index (χ2n) is 5.46. The molecule has 0 fully saturated rings. The van der Waals surface area contributed by atoms with Crippen molar-refractivity contribution < 1.29 is 14.6 Å². The summed E-state index contributed by atoms with van der Waals surface area (Å²) < 4.78 is 6.62. The normalized spacial score (nSPS) is 10.6. The number of amides is 1. The molecule has 7 nitrogen and oxygen atoms in total. The zero-order valence-corrected chi connectivity index (χ0v) is 13.6. The number of nitrogens with zero attached hydrogens (tertiary/aromatic N) is 2. The van der Waals surface area contributed by atoms with E-state index in [-0.39, 0.29) is 5.56 Å². The summed E-state index contributed by atoms with van der Waals surface area (Å²) in [4.78, 5) is 28.3.